The first kappa shape index (κ1) is 19.8. The van der Waals surface area contributed by atoms with Crippen LogP contribution in [0.3, 0.4) is 0 Å². The molecule has 4 rings (SSSR count). The number of pyridine rings is 1. The second-order valence-electron chi connectivity index (χ2n) is 7.45. The molecule has 0 unspecified atom stereocenters. The highest BCUT2D eigenvalue weighted by Gasteiger charge is 2.17. The number of carbonyl (C=O) groups excluding carboxylic acids is 1. The Balaban J connectivity index is 1.84. The maximum absolute atomic E-state index is 12.1. The van der Waals surface area contributed by atoms with Gasteiger partial charge in [-0.3, -0.25) is 4.57 Å². The van der Waals surface area contributed by atoms with Crippen LogP contribution in [-0.4, -0.2) is 27.6 Å². The first-order valence-electron chi connectivity index (χ1n) is 10.2. The van der Waals surface area contributed by atoms with Gasteiger partial charge < -0.3 is 4.74 Å². The van der Waals surface area contributed by atoms with E-state index in [4.69, 9.17) is 14.7 Å². The lowest BCUT2D eigenvalue weighted by Crippen LogP contribution is -2.04. The number of benzene rings is 2. The minimum absolute atomic E-state index is 0.337. The zero-order valence-corrected chi connectivity index (χ0v) is 17.8. The third kappa shape index (κ3) is 3.47. The lowest BCUT2D eigenvalue weighted by molar-refractivity contribution is 0.0601. The van der Waals surface area contributed by atoms with E-state index in [-0.39, 0.29) is 5.97 Å². The van der Waals surface area contributed by atoms with Gasteiger partial charge in [-0.1, -0.05) is 37.3 Å². The molecule has 0 amide bonds. The van der Waals surface area contributed by atoms with E-state index in [0.29, 0.717) is 5.56 Å². The van der Waals surface area contributed by atoms with Gasteiger partial charge in [0.1, 0.15) is 11.3 Å². The molecule has 2 aromatic heterocycles. The summed E-state index contributed by atoms with van der Waals surface area (Å²) in [7, 11) is 1.40. The van der Waals surface area contributed by atoms with E-state index in [0.717, 1.165) is 57.9 Å². The molecule has 0 saturated carbocycles. The second kappa shape index (κ2) is 8.11. The molecule has 0 aliphatic rings. The molecule has 0 atom stereocenters. The quantitative estimate of drug-likeness (QED) is 0.419. The monoisotopic (exact) mass is 399 g/mol. The van der Waals surface area contributed by atoms with Crippen molar-refractivity contribution in [1.29, 1.82) is 0 Å². The van der Waals surface area contributed by atoms with Crippen LogP contribution in [0.2, 0.25) is 0 Å². The normalized spacial score (nSPS) is 11.1. The summed E-state index contributed by atoms with van der Waals surface area (Å²) in [6.07, 6.45) is 1.88. The summed E-state index contributed by atoms with van der Waals surface area (Å²) in [4.78, 5) is 21.8. The van der Waals surface area contributed by atoms with Gasteiger partial charge in [-0.2, -0.15) is 0 Å². The Morgan fingerprint density at radius 1 is 1.03 bits per heavy atom. The fourth-order valence-corrected chi connectivity index (χ4v) is 3.88. The molecule has 0 aliphatic carbocycles. The number of esters is 1. The Labute approximate surface area is 176 Å². The predicted octanol–water partition coefficient (Wildman–Crippen LogP) is 5.44. The third-order valence-corrected chi connectivity index (χ3v) is 5.25. The highest BCUT2D eigenvalue weighted by Crippen LogP contribution is 2.28. The number of hydrogen-bond acceptors (Lipinski definition) is 4. The molecule has 30 heavy (non-hydrogen) atoms. The van der Waals surface area contributed by atoms with Crippen LogP contribution in [0.5, 0.6) is 0 Å². The van der Waals surface area contributed by atoms with E-state index in [9.17, 15) is 4.79 Å². The average molecular weight is 399 g/mol. The van der Waals surface area contributed by atoms with Crippen molar-refractivity contribution in [3.8, 4) is 16.8 Å². The number of carbonyl (C=O) groups is 1. The summed E-state index contributed by atoms with van der Waals surface area (Å²) < 4.78 is 7.08. The summed E-state index contributed by atoms with van der Waals surface area (Å²) in [5.41, 5.74) is 7.33. The van der Waals surface area contributed by atoms with Gasteiger partial charge in [0, 0.05) is 17.8 Å². The van der Waals surface area contributed by atoms with Gasteiger partial charge in [-0.15, -0.1) is 0 Å². The molecule has 0 bridgehead atoms. The van der Waals surface area contributed by atoms with E-state index in [1.807, 2.05) is 37.3 Å². The van der Waals surface area contributed by atoms with Crippen molar-refractivity contribution in [2.24, 2.45) is 0 Å². The van der Waals surface area contributed by atoms with Crippen molar-refractivity contribution >= 4 is 17.1 Å². The summed E-state index contributed by atoms with van der Waals surface area (Å²) in [6, 6.07) is 17.7. The molecule has 2 heterocycles. The predicted molar refractivity (Wildman–Crippen MR) is 119 cm³/mol. The maximum Gasteiger partial charge on any atom is 0.338 e. The topological polar surface area (TPSA) is 57.0 Å². The Morgan fingerprint density at radius 3 is 2.47 bits per heavy atom. The minimum atomic E-state index is -0.337. The Bertz CT molecular complexity index is 1220. The molecular weight excluding hydrogens is 374 g/mol. The van der Waals surface area contributed by atoms with Crippen molar-refractivity contribution in [2.45, 2.75) is 33.6 Å². The lowest BCUT2D eigenvalue weighted by Gasteiger charge is -2.11. The van der Waals surface area contributed by atoms with Crippen LogP contribution in [0.25, 0.3) is 28.0 Å². The van der Waals surface area contributed by atoms with E-state index in [1.165, 1.54) is 7.11 Å². The third-order valence-electron chi connectivity index (χ3n) is 5.25. The van der Waals surface area contributed by atoms with E-state index >= 15 is 0 Å². The van der Waals surface area contributed by atoms with Gasteiger partial charge in [-0.25, -0.2) is 14.8 Å². The van der Waals surface area contributed by atoms with Gasteiger partial charge in [-0.05, 0) is 61.2 Å². The van der Waals surface area contributed by atoms with Gasteiger partial charge in [0.2, 0.25) is 0 Å². The molecule has 0 saturated heterocycles. The number of methoxy groups -OCH3 is 1. The highest BCUT2D eigenvalue weighted by atomic mass is 16.5. The average Bonchev–Trinajstić information content (AvgIpc) is 3.12. The smallest absolute Gasteiger partial charge is 0.338 e. The van der Waals surface area contributed by atoms with Crippen molar-refractivity contribution in [3.63, 3.8) is 0 Å². The molecule has 5 heteroatoms. The number of aryl methyl sites for hydroxylation is 3. The summed E-state index contributed by atoms with van der Waals surface area (Å²) in [5, 5.41) is 0. The SMILES string of the molecule is CCCc1nc2c(C)cc(C)nc2n1-c1ccc(-c2ccccc2C(=O)OC)cc1. The lowest BCUT2D eigenvalue weighted by atomic mass is 9.99. The number of nitrogens with zero attached hydrogens (tertiary/aromatic N) is 3. The number of hydrogen-bond donors (Lipinski definition) is 0. The molecule has 0 aliphatic heterocycles. The van der Waals surface area contributed by atoms with Crippen LogP contribution in [-0.2, 0) is 11.2 Å². The first-order chi connectivity index (χ1) is 14.5. The fraction of sp³-hybridized carbons (Fsp3) is 0.240. The van der Waals surface area contributed by atoms with Crippen molar-refractivity contribution in [3.05, 3.63) is 77.2 Å². The number of aromatic nitrogens is 3. The first-order valence-corrected chi connectivity index (χ1v) is 10.2. The van der Waals surface area contributed by atoms with Crippen LogP contribution < -0.4 is 0 Å². The van der Waals surface area contributed by atoms with Crippen molar-refractivity contribution < 1.29 is 9.53 Å². The van der Waals surface area contributed by atoms with Crippen LogP contribution in [0.15, 0.2) is 54.6 Å². The molecular formula is C25H25N3O2. The maximum atomic E-state index is 12.1. The zero-order valence-electron chi connectivity index (χ0n) is 17.8. The Hall–Kier alpha value is -3.47. The number of rotatable bonds is 5. The molecule has 0 radical (unpaired) electrons. The van der Waals surface area contributed by atoms with Gasteiger partial charge in [0.25, 0.3) is 0 Å². The Morgan fingerprint density at radius 2 is 1.77 bits per heavy atom. The summed E-state index contributed by atoms with van der Waals surface area (Å²) in [6.45, 7) is 6.25. The van der Waals surface area contributed by atoms with Gasteiger partial charge >= 0.3 is 5.97 Å². The van der Waals surface area contributed by atoms with Gasteiger partial charge in [0.05, 0.1) is 12.7 Å². The summed E-state index contributed by atoms with van der Waals surface area (Å²) >= 11 is 0. The molecule has 2 aromatic carbocycles. The molecule has 0 spiro atoms. The van der Waals surface area contributed by atoms with Crippen LogP contribution in [0.4, 0.5) is 0 Å². The molecule has 0 fully saturated rings. The fourth-order valence-electron chi connectivity index (χ4n) is 3.88. The minimum Gasteiger partial charge on any atom is -0.465 e. The standard InChI is InChI=1S/C25H25N3O2/c1-5-8-22-27-23-16(2)15-17(3)26-24(23)28(22)19-13-11-18(12-14-19)20-9-6-7-10-21(20)25(29)30-4/h6-7,9-15H,5,8H2,1-4H3. The van der Waals surface area contributed by atoms with E-state index < -0.39 is 0 Å². The summed E-state index contributed by atoms with van der Waals surface area (Å²) in [5.74, 6) is 0.673. The van der Waals surface area contributed by atoms with Crippen LogP contribution in [0, 0.1) is 13.8 Å². The largest absolute Gasteiger partial charge is 0.465 e. The molecule has 0 N–H and O–H groups in total. The van der Waals surface area contributed by atoms with E-state index in [2.05, 4.69) is 36.6 Å². The Kier molecular flexibility index (Phi) is 5.36. The number of imidazole rings is 1. The highest BCUT2D eigenvalue weighted by molar-refractivity contribution is 5.97. The van der Waals surface area contributed by atoms with E-state index in [1.54, 1.807) is 6.07 Å². The zero-order chi connectivity index (χ0) is 21.3. The molecule has 5 nitrogen and oxygen atoms in total. The molecule has 4 aromatic rings. The van der Waals surface area contributed by atoms with Crippen LogP contribution >= 0.6 is 0 Å². The van der Waals surface area contributed by atoms with Crippen LogP contribution in [0.1, 0.15) is 40.8 Å². The molecule has 152 valence electrons. The second-order valence-corrected chi connectivity index (χ2v) is 7.45. The number of fused-ring (bicyclic) bond motifs is 1. The van der Waals surface area contributed by atoms with Crippen molar-refractivity contribution in [2.75, 3.05) is 7.11 Å². The van der Waals surface area contributed by atoms with Gasteiger partial charge in [0.15, 0.2) is 5.65 Å². The number of ether oxygens (including phenoxy) is 1. The van der Waals surface area contributed by atoms with Crippen molar-refractivity contribution in [1.82, 2.24) is 14.5 Å².